The number of fused-ring (bicyclic) bond motifs is 1. The van der Waals surface area contributed by atoms with Gasteiger partial charge in [0.05, 0.1) is 48.9 Å². The molecular formula is C26H20F3N5O3. The van der Waals surface area contributed by atoms with Crippen molar-refractivity contribution in [2.75, 3.05) is 14.2 Å². The van der Waals surface area contributed by atoms with E-state index in [4.69, 9.17) is 14.2 Å². The molecule has 0 aliphatic rings. The molecule has 0 fully saturated rings. The molecule has 0 aliphatic heterocycles. The number of methoxy groups -OCH3 is 2. The molecule has 0 amide bonds. The standard InChI is InChI=1S/C26H20F3N5O3/c1-26(28,29)24-11-21(34(33-24)17-8-16(27)12-30-13-17)15-5-4-6-18(7-15)37-25-19-9-22(35-2)23(36-3)10-20(19)31-14-32-25/h4-14H,1-3H3. The first kappa shape index (κ1) is 24.0. The summed E-state index contributed by atoms with van der Waals surface area (Å²) in [5.41, 5.74) is 1.10. The van der Waals surface area contributed by atoms with Crippen LogP contribution in [0.5, 0.6) is 23.1 Å². The van der Waals surface area contributed by atoms with E-state index in [2.05, 4.69) is 20.1 Å². The Kier molecular flexibility index (Phi) is 6.12. The highest BCUT2D eigenvalue weighted by Gasteiger charge is 2.30. The average Bonchev–Trinajstić information content (AvgIpc) is 3.35. The zero-order valence-corrected chi connectivity index (χ0v) is 19.9. The number of nitrogens with zero attached hydrogens (tertiary/aromatic N) is 5. The number of aromatic nitrogens is 5. The lowest BCUT2D eigenvalue weighted by molar-refractivity contribution is 0.0124. The summed E-state index contributed by atoms with van der Waals surface area (Å²) in [5.74, 6) is -2.22. The molecule has 0 N–H and O–H groups in total. The van der Waals surface area contributed by atoms with E-state index in [9.17, 15) is 13.2 Å². The lowest BCUT2D eigenvalue weighted by atomic mass is 10.1. The SMILES string of the molecule is COc1cc2ncnc(Oc3cccc(-c4cc(C(C)(F)F)nn4-c4cncc(F)c4)c3)c2cc1OC. The Morgan fingerprint density at radius 3 is 2.43 bits per heavy atom. The van der Waals surface area contributed by atoms with Crippen molar-refractivity contribution in [2.45, 2.75) is 12.8 Å². The van der Waals surface area contributed by atoms with Gasteiger partial charge in [-0.3, -0.25) is 4.98 Å². The van der Waals surface area contributed by atoms with E-state index in [0.29, 0.717) is 39.4 Å². The van der Waals surface area contributed by atoms with Crippen LogP contribution in [-0.2, 0) is 5.92 Å². The molecule has 37 heavy (non-hydrogen) atoms. The molecular weight excluding hydrogens is 487 g/mol. The van der Waals surface area contributed by atoms with Crippen molar-refractivity contribution in [3.63, 3.8) is 0 Å². The fraction of sp³-hybridized carbons (Fsp3) is 0.154. The highest BCUT2D eigenvalue weighted by molar-refractivity contribution is 5.87. The van der Waals surface area contributed by atoms with Gasteiger partial charge in [-0.1, -0.05) is 12.1 Å². The van der Waals surface area contributed by atoms with Gasteiger partial charge in [0, 0.05) is 24.6 Å². The summed E-state index contributed by atoms with van der Waals surface area (Å²) >= 11 is 0. The number of pyridine rings is 1. The second-order valence-electron chi connectivity index (χ2n) is 8.11. The van der Waals surface area contributed by atoms with Crippen LogP contribution in [0.15, 0.2) is 67.3 Å². The number of rotatable bonds is 7. The third-order valence-electron chi connectivity index (χ3n) is 5.54. The number of halogens is 3. The van der Waals surface area contributed by atoms with Crippen molar-refractivity contribution in [1.29, 1.82) is 0 Å². The van der Waals surface area contributed by atoms with Gasteiger partial charge in [-0.2, -0.15) is 13.9 Å². The fourth-order valence-electron chi connectivity index (χ4n) is 3.79. The lowest BCUT2D eigenvalue weighted by Gasteiger charge is -2.12. The molecule has 11 heteroatoms. The van der Waals surface area contributed by atoms with Crippen LogP contribution in [0.3, 0.4) is 0 Å². The van der Waals surface area contributed by atoms with Crippen molar-refractivity contribution < 1.29 is 27.4 Å². The third-order valence-corrected chi connectivity index (χ3v) is 5.54. The van der Waals surface area contributed by atoms with Crippen LogP contribution in [-0.4, -0.2) is 39.0 Å². The van der Waals surface area contributed by atoms with Gasteiger partial charge in [-0.15, -0.1) is 0 Å². The molecule has 0 unspecified atom stereocenters. The molecule has 2 aromatic carbocycles. The maximum absolute atomic E-state index is 14.2. The quantitative estimate of drug-likeness (QED) is 0.270. The smallest absolute Gasteiger partial charge is 0.288 e. The van der Waals surface area contributed by atoms with E-state index < -0.39 is 17.4 Å². The molecule has 0 spiro atoms. The molecule has 3 aromatic heterocycles. The summed E-state index contributed by atoms with van der Waals surface area (Å²) in [6, 6.07) is 12.6. The first-order valence-electron chi connectivity index (χ1n) is 11.0. The third kappa shape index (κ3) is 4.75. The van der Waals surface area contributed by atoms with E-state index in [0.717, 1.165) is 19.2 Å². The minimum atomic E-state index is -3.21. The minimum Gasteiger partial charge on any atom is -0.493 e. The second kappa shape index (κ2) is 9.41. The molecule has 0 aliphatic carbocycles. The molecule has 0 bridgehead atoms. The van der Waals surface area contributed by atoms with Gasteiger partial charge in [0.2, 0.25) is 5.88 Å². The minimum absolute atomic E-state index is 0.194. The maximum atomic E-state index is 14.2. The summed E-state index contributed by atoms with van der Waals surface area (Å²) in [6.07, 6.45) is 3.72. The van der Waals surface area contributed by atoms with E-state index >= 15 is 0 Å². The molecule has 8 nitrogen and oxygen atoms in total. The normalized spacial score (nSPS) is 11.5. The van der Waals surface area contributed by atoms with Crippen molar-refractivity contribution in [1.82, 2.24) is 24.7 Å². The molecule has 5 rings (SSSR count). The molecule has 0 radical (unpaired) electrons. The number of hydrogen-bond acceptors (Lipinski definition) is 7. The Bertz CT molecular complexity index is 1600. The molecule has 5 aromatic rings. The van der Waals surface area contributed by atoms with E-state index in [-0.39, 0.29) is 11.6 Å². The monoisotopic (exact) mass is 507 g/mol. The Labute approximate surface area is 209 Å². The number of ether oxygens (including phenoxy) is 3. The highest BCUT2D eigenvalue weighted by Crippen LogP contribution is 2.37. The van der Waals surface area contributed by atoms with Crippen LogP contribution >= 0.6 is 0 Å². The molecule has 0 saturated heterocycles. The summed E-state index contributed by atoms with van der Waals surface area (Å²) in [5, 5.41) is 4.61. The van der Waals surface area contributed by atoms with Gasteiger partial charge in [-0.05, 0) is 24.3 Å². The van der Waals surface area contributed by atoms with E-state index in [1.807, 2.05) is 0 Å². The van der Waals surface area contributed by atoms with Crippen molar-refractivity contribution in [3.05, 3.63) is 78.8 Å². The topological polar surface area (TPSA) is 84.2 Å². The summed E-state index contributed by atoms with van der Waals surface area (Å²) in [6.45, 7) is 0.746. The predicted molar refractivity (Wildman–Crippen MR) is 129 cm³/mol. The van der Waals surface area contributed by atoms with Gasteiger partial charge in [-0.25, -0.2) is 19.0 Å². The van der Waals surface area contributed by atoms with Crippen LogP contribution in [0.25, 0.3) is 27.8 Å². The average molecular weight is 507 g/mol. The Balaban J connectivity index is 1.58. The van der Waals surface area contributed by atoms with Gasteiger partial charge < -0.3 is 14.2 Å². The van der Waals surface area contributed by atoms with Crippen LogP contribution in [0.1, 0.15) is 12.6 Å². The van der Waals surface area contributed by atoms with Crippen LogP contribution in [0, 0.1) is 5.82 Å². The molecule has 188 valence electrons. The first-order valence-corrected chi connectivity index (χ1v) is 11.0. The van der Waals surface area contributed by atoms with Gasteiger partial charge in [0.25, 0.3) is 5.92 Å². The van der Waals surface area contributed by atoms with E-state index in [1.54, 1.807) is 36.4 Å². The molecule has 0 saturated carbocycles. The Morgan fingerprint density at radius 2 is 1.70 bits per heavy atom. The Morgan fingerprint density at radius 1 is 0.919 bits per heavy atom. The van der Waals surface area contributed by atoms with Gasteiger partial charge in [0.1, 0.15) is 23.6 Å². The summed E-state index contributed by atoms with van der Waals surface area (Å²) in [4.78, 5) is 12.3. The zero-order valence-electron chi connectivity index (χ0n) is 19.9. The van der Waals surface area contributed by atoms with Crippen LogP contribution in [0.2, 0.25) is 0 Å². The molecule has 3 heterocycles. The summed E-state index contributed by atoms with van der Waals surface area (Å²) in [7, 11) is 3.04. The maximum Gasteiger partial charge on any atom is 0.288 e. The number of hydrogen-bond donors (Lipinski definition) is 0. The van der Waals surface area contributed by atoms with Gasteiger partial charge in [0.15, 0.2) is 11.5 Å². The fourth-order valence-corrected chi connectivity index (χ4v) is 3.79. The number of alkyl halides is 2. The van der Waals surface area contributed by atoms with E-state index in [1.165, 1.54) is 37.5 Å². The molecule has 0 atom stereocenters. The van der Waals surface area contributed by atoms with Crippen molar-refractivity contribution in [3.8, 4) is 40.1 Å². The lowest BCUT2D eigenvalue weighted by Crippen LogP contribution is -2.09. The van der Waals surface area contributed by atoms with Crippen LogP contribution < -0.4 is 14.2 Å². The second-order valence-corrected chi connectivity index (χ2v) is 8.11. The predicted octanol–water partition coefficient (Wildman–Crippen LogP) is 5.94. The Hall–Kier alpha value is -4.67. The van der Waals surface area contributed by atoms with Crippen LogP contribution in [0.4, 0.5) is 13.2 Å². The zero-order chi connectivity index (χ0) is 26.2. The van der Waals surface area contributed by atoms with Crippen molar-refractivity contribution >= 4 is 10.9 Å². The summed E-state index contributed by atoms with van der Waals surface area (Å²) < 4.78 is 60.2. The van der Waals surface area contributed by atoms with Crippen molar-refractivity contribution in [2.24, 2.45) is 0 Å². The highest BCUT2D eigenvalue weighted by atomic mass is 19.3. The van der Waals surface area contributed by atoms with Gasteiger partial charge >= 0.3 is 0 Å². The largest absolute Gasteiger partial charge is 0.493 e. The first-order chi connectivity index (χ1) is 17.8. The number of benzene rings is 2.